The molecule has 2 saturated heterocycles. The highest BCUT2D eigenvalue weighted by atomic mass is 32.2. The maximum atomic E-state index is 13.7. The van der Waals surface area contributed by atoms with Gasteiger partial charge < -0.3 is 5.32 Å². The Morgan fingerprint density at radius 3 is 2.62 bits per heavy atom. The van der Waals surface area contributed by atoms with Gasteiger partial charge in [-0.1, -0.05) is 6.07 Å². The summed E-state index contributed by atoms with van der Waals surface area (Å²) in [7, 11) is -0.263. The summed E-state index contributed by atoms with van der Waals surface area (Å²) >= 11 is 0. The summed E-state index contributed by atoms with van der Waals surface area (Å²) in [6, 6.07) is 3.80. The minimum atomic E-state index is -3.72. The number of benzene rings is 1. The highest BCUT2D eigenvalue weighted by Crippen LogP contribution is 2.37. The van der Waals surface area contributed by atoms with E-state index in [1.54, 1.807) is 14.0 Å². The van der Waals surface area contributed by atoms with Crippen LogP contribution in [0, 0.1) is 18.7 Å². The first-order chi connectivity index (χ1) is 11.3. The second kappa shape index (κ2) is 6.09. The molecule has 0 aliphatic carbocycles. The highest BCUT2D eigenvalue weighted by molar-refractivity contribution is 7.89. The van der Waals surface area contributed by atoms with Crippen molar-refractivity contribution in [2.45, 2.75) is 30.3 Å². The number of aryl methyl sites for hydroxylation is 1. The van der Waals surface area contributed by atoms with Gasteiger partial charge in [0.25, 0.3) is 0 Å². The lowest BCUT2D eigenvalue weighted by Crippen LogP contribution is -2.45. The molecule has 2 heterocycles. The van der Waals surface area contributed by atoms with E-state index in [1.165, 1.54) is 16.4 Å². The molecule has 0 unspecified atom stereocenters. The van der Waals surface area contributed by atoms with Crippen LogP contribution >= 0.6 is 0 Å². The Balaban J connectivity index is 1.79. The number of halogens is 1. The van der Waals surface area contributed by atoms with Crippen LogP contribution in [-0.4, -0.2) is 62.8 Å². The number of carbonyl (C=O) groups is 1. The summed E-state index contributed by atoms with van der Waals surface area (Å²) in [5.74, 6) is -0.448. The molecular formula is C16H22FN3O3S. The van der Waals surface area contributed by atoms with E-state index in [4.69, 9.17) is 0 Å². The average Bonchev–Trinajstić information content (AvgIpc) is 3.09. The van der Waals surface area contributed by atoms with Crippen LogP contribution in [0.1, 0.15) is 12.0 Å². The zero-order chi connectivity index (χ0) is 17.6. The number of nitrogens with one attached hydrogen (secondary N) is 1. The van der Waals surface area contributed by atoms with Crippen LogP contribution in [0.2, 0.25) is 0 Å². The number of rotatable bonds is 3. The predicted molar refractivity (Wildman–Crippen MR) is 87.4 cm³/mol. The van der Waals surface area contributed by atoms with Crippen molar-refractivity contribution in [1.82, 2.24) is 14.5 Å². The molecule has 0 saturated carbocycles. The van der Waals surface area contributed by atoms with Crippen LogP contribution in [0.15, 0.2) is 23.1 Å². The molecule has 24 heavy (non-hydrogen) atoms. The van der Waals surface area contributed by atoms with Crippen LogP contribution in [0.4, 0.5) is 4.39 Å². The quantitative estimate of drug-likeness (QED) is 0.861. The van der Waals surface area contributed by atoms with Crippen molar-refractivity contribution in [2.24, 2.45) is 5.92 Å². The summed E-state index contributed by atoms with van der Waals surface area (Å²) in [5.41, 5.74) is 0.417. The maximum absolute atomic E-state index is 13.7. The molecule has 3 atom stereocenters. The Kier molecular flexibility index (Phi) is 4.39. The van der Waals surface area contributed by atoms with Crippen molar-refractivity contribution in [3.63, 3.8) is 0 Å². The smallest absolute Gasteiger partial charge is 0.243 e. The van der Waals surface area contributed by atoms with E-state index in [0.717, 1.165) is 6.07 Å². The summed E-state index contributed by atoms with van der Waals surface area (Å²) in [4.78, 5) is 13.8. The number of carbonyl (C=O) groups excluding carboxylic acids is 1. The van der Waals surface area contributed by atoms with Gasteiger partial charge in [0.05, 0.1) is 10.9 Å². The number of amides is 1. The molecule has 0 aromatic heterocycles. The standard InChI is InChI=1S/C16H22FN3O3S/c1-10-4-5-12(7-13(10)17)24(22,23)20-8-11-6-14(16(21)18-2)19(3)15(11)9-20/h4-5,7,11,14-15H,6,8-9H2,1-3H3,(H,18,21)/t11-,14-,15+/m1/s1. The van der Waals surface area contributed by atoms with Crippen molar-refractivity contribution in [3.05, 3.63) is 29.6 Å². The minimum Gasteiger partial charge on any atom is -0.358 e. The molecule has 1 N–H and O–H groups in total. The third-order valence-electron chi connectivity index (χ3n) is 5.24. The van der Waals surface area contributed by atoms with Gasteiger partial charge in [-0.25, -0.2) is 12.8 Å². The van der Waals surface area contributed by atoms with Gasteiger partial charge in [0.1, 0.15) is 5.82 Å². The van der Waals surface area contributed by atoms with Crippen LogP contribution in [0.25, 0.3) is 0 Å². The van der Waals surface area contributed by atoms with Crippen molar-refractivity contribution in [2.75, 3.05) is 27.2 Å². The Morgan fingerprint density at radius 2 is 2.04 bits per heavy atom. The Labute approximate surface area is 141 Å². The van der Waals surface area contributed by atoms with Crippen molar-refractivity contribution in [3.8, 4) is 0 Å². The van der Waals surface area contributed by atoms with Crippen LogP contribution in [0.3, 0.4) is 0 Å². The van der Waals surface area contributed by atoms with Gasteiger partial charge in [-0.05, 0) is 44.0 Å². The zero-order valence-corrected chi connectivity index (χ0v) is 14.8. The average molecular weight is 355 g/mol. The molecule has 6 nitrogen and oxygen atoms in total. The lowest BCUT2D eigenvalue weighted by atomic mass is 10.0. The summed E-state index contributed by atoms with van der Waals surface area (Å²) in [5, 5.41) is 2.65. The van der Waals surface area contributed by atoms with E-state index in [0.29, 0.717) is 25.1 Å². The van der Waals surface area contributed by atoms with Crippen molar-refractivity contribution >= 4 is 15.9 Å². The molecule has 0 radical (unpaired) electrons. The van der Waals surface area contributed by atoms with E-state index in [2.05, 4.69) is 5.32 Å². The molecule has 8 heteroatoms. The largest absolute Gasteiger partial charge is 0.358 e. The molecule has 2 aliphatic heterocycles. The molecular weight excluding hydrogens is 333 g/mol. The van der Waals surface area contributed by atoms with Crippen molar-refractivity contribution in [1.29, 1.82) is 0 Å². The number of nitrogens with zero attached hydrogens (tertiary/aromatic N) is 2. The minimum absolute atomic E-state index is 0.0115. The van der Waals surface area contributed by atoms with Gasteiger partial charge >= 0.3 is 0 Å². The van der Waals surface area contributed by atoms with E-state index >= 15 is 0 Å². The summed E-state index contributed by atoms with van der Waals surface area (Å²) < 4.78 is 40.7. The monoisotopic (exact) mass is 355 g/mol. The number of hydrogen-bond acceptors (Lipinski definition) is 4. The first kappa shape index (κ1) is 17.3. The van der Waals surface area contributed by atoms with Gasteiger partial charge in [-0.15, -0.1) is 0 Å². The second-order valence-corrected chi connectivity index (χ2v) is 8.53. The van der Waals surface area contributed by atoms with E-state index in [9.17, 15) is 17.6 Å². The fourth-order valence-corrected chi connectivity index (χ4v) is 5.26. The Bertz CT molecular complexity index is 768. The normalized spacial score (nSPS) is 28.1. The van der Waals surface area contributed by atoms with E-state index in [1.807, 2.05) is 11.9 Å². The maximum Gasteiger partial charge on any atom is 0.243 e. The highest BCUT2D eigenvalue weighted by Gasteiger charge is 2.49. The number of sulfonamides is 1. The number of likely N-dealkylation sites (tertiary alicyclic amines) is 1. The zero-order valence-electron chi connectivity index (χ0n) is 14.0. The first-order valence-corrected chi connectivity index (χ1v) is 9.39. The fraction of sp³-hybridized carbons (Fsp3) is 0.562. The molecule has 2 fully saturated rings. The van der Waals surface area contributed by atoms with Crippen LogP contribution < -0.4 is 5.32 Å². The van der Waals surface area contributed by atoms with Crippen LogP contribution in [0.5, 0.6) is 0 Å². The molecule has 1 aromatic rings. The molecule has 1 amide bonds. The van der Waals surface area contributed by atoms with E-state index in [-0.39, 0.29) is 28.8 Å². The van der Waals surface area contributed by atoms with Crippen molar-refractivity contribution < 1.29 is 17.6 Å². The van der Waals surface area contributed by atoms with Gasteiger partial charge in [0.15, 0.2) is 0 Å². The van der Waals surface area contributed by atoms with Gasteiger partial charge in [-0.2, -0.15) is 4.31 Å². The lowest BCUT2D eigenvalue weighted by Gasteiger charge is -2.25. The molecule has 3 rings (SSSR count). The fourth-order valence-electron chi connectivity index (χ4n) is 3.73. The molecule has 132 valence electrons. The Hall–Kier alpha value is -1.51. The van der Waals surface area contributed by atoms with E-state index < -0.39 is 15.8 Å². The van der Waals surface area contributed by atoms with Gasteiger partial charge in [0.2, 0.25) is 15.9 Å². The molecule has 1 aromatic carbocycles. The van der Waals surface area contributed by atoms with Gasteiger partial charge in [-0.3, -0.25) is 9.69 Å². The summed E-state index contributed by atoms with van der Waals surface area (Å²) in [6.07, 6.45) is 0.634. The molecule has 0 spiro atoms. The first-order valence-electron chi connectivity index (χ1n) is 7.95. The number of likely N-dealkylation sites (N-methyl/N-ethyl adjacent to an activating group) is 2. The molecule has 0 bridgehead atoms. The summed E-state index contributed by atoms with van der Waals surface area (Å²) in [6.45, 7) is 2.28. The third-order valence-corrected chi connectivity index (χ3v) is 7.07. The predicted octanol–water partition coefficient (Wildman–Crippen LogP) is 0.573. The third kappa shape index (κ3) is 2.72. The number of fused-ring (bicyclic) bond motifs is 1. The number of hydrogen-bond donors (Lipinski definition) is 1. The van der Waals surface area contributed by atoms with Gasteiger partial charge in [0, 0.05) is 26.2 Å². The molecule has 2 aliphatic rings. The lowest BCUT2D eigenvalue weighted by molar-refractivity contribution is -0.125. The Morgan fingerprint density at radius 1 is 1.33 bits per heavy atom. The second-order valence-electron chi connectivity index (χ2n) is 6.59. The topological polar surface area (TPSA) is 69.7 Å². The van der Waals surface area contributed by atoms with Crippen LogP contribution in [-0.2, 0) is 14.8 Å². The SMILES string of the molecule is CNC(=O)[C@H]1C[C@@H]2CN(S(=O)(=O)c3ccc(C)c(F)c3)C[C@@H]2N1C.